The Labute approximate surface area is 97.2 Å². The minimum absolute atomic E-state index is 0.528. The highest BCUT2D eigenvalue weighted by molar-refractivity contribution is 5.17. The average molecular weight is 220 g/mol. The second kappa shape index (κ2) is 4.42. The third kappa shape index (κ3) is 2.53. The van der Waals surface area contributed by atoms with Crippen LogP contribution in [0.4, 0.5) is 0 Å². The Bertz CT molecular complexity index is 343. The minimum atomic E-state index is 0.528. The van der Waals surface area contributed by atoms with E-state index in [1.165, 1.54) is 18.4 Å². The lowest BCUT2D eigenvalue weighted by molar-refractivity contribution is 0.378. The summed E-state index contributed by atoms with van der Waals surface area (Å²) in [6, 6.07) is 4.54. The zero-order valence-corrected chi connectivity index (χ0v) is 10.3. The Kier molecular flexibility index (Phi) is 3.15. The molecule has 1 aromatic heterocycles. The Hall–Kier alpha value is -1.09. The van der Waals surface area contributed by atoms with E-state index in [1.54, 1.807) is 7.11 Å². The highest BCUT2D eigenvalue weighted by atomic mass is 16.5. The van der Waals surface area contributed by atoms with Gasteiger partial charge >= 0.3 is 0 Å². The molecule has 16 heavy (non-hydrogen) atoms. The van der Waals surface area contributed by atoms with Crippen LogP contribution in [0.15, 0.2) is 18.3 Å². The fourth-order valence-electron chi connectivity index (χ4n) is 1.78. The molecule has 0 saturated heterocycles. The standard InChI is InChI=1S/C13H20N2O/c1-10(13(2)6-7-13)14-8-11-4-5-12(16-3)15-9-11/h4-5,9-10,14H,6-8H2,1-3H3. The highest BCUT2D eigenvalue weighted by Crippen LogP contribution is 2.47. The second-order valence-corrected chi connectivity index (χ2v) is 4.97. The van der Waals surface area contributed by atoms with Gasteiger partial charge in [0, 0.05) is 24.8 Å². The molecule has 0 amide bonds. The van der Waals surface area contributed by atoms with Gasteiger partial charge in [0.05, 0.1) is 7.11 Å². The van der Waals surface area contributed by atoms with E-state index in [2.05, 4.69) is 30.2 Å². The number of aromatic nitrogens is 1. The van der Waals surface area contributed by atoms with Crippen LogP contribution in [0.5, 0.6) is 5.88 Å². The Morgan fingerprint density at radius 3 is 2.75 bits per heavy atom. The van der Waals surface area contributed by atoms with Gasteiger partial charge in [0.1, 0.15) is 0 Å². The van der Waals surface area contributed by atoms with Gasteiger partial charge < -0.3 is 10.1 Å². The maximum absolute atomic E-state index is 5.03. The van der Waals surface area contributed by atoms with E-state index in [9.17, 15) is 0 Å². The topological polar surface area (TPSA) is 34.1 Å². The monoisotopic (exact) mass is 220 g/mol. The molecular formula is C13H20N2O. The fraction of sp³-hybridized carbons (Fsp3) is 0.615. The molecule has 1 heterocycles. The SMILES string of the molecule is COc1ccc(CNC(C)C2(C)CC2)cn1. The van der Waals surface area contributed by atoms with E-state index in [4.69, 9.17) is 4.74 Å². The van der Waals surface area contributed by atoms with Crippen LogP contribution in [0.3, 0.4) is 0 Å². The molecule has 1 aliphatic rings. The molecule has 0 aromatic carbocycles. The normalized spacial score (nSPS) is 19.2. The maximum atomic E-state index is 5.03. The molecule has 1 N–H and O–H groups in total. The first kappa shape index (κ1) is 11.4. The number of ether oxygens (including phenoxy) is 1. The van der Waals surface area contributed by atoms with Crippen LogP contribution >= 0.6 is 0 Å². The van der Waals surface area contributed by atoms with Crippen molar-refractivity contribution in [3.8, 4) is 5.88 Å². The summed E-state index contributed by atoms with van der Waals surface area (Å²) in [5.41, 5.74) is 1.73. The van der Waals surface area contributed by atoms with Crippen molar-refractivity contribution in [2.24, 2.45) is 5.41 Å². The average Bonchev–Trinajstić information content (AvgIpc) is 3.06. The highest BCUT2D eigenvalue weighted by Gasteiger charge is 2.42. The Morgan fingerprint density at radius 1 is 1.50 bits per heavy atom. The van der Waals surface area contributed by atoms with E-state index in [-0.39, 0.29) is 0 Å². The van der Waals surface area contributed by atoms with Gasteiger partial charge in [-0.05, 0) is 30.7 Å². The van der Waals surface area contributed by atoms with E-state index in [1.807, 2.05) is 12.3 Å². The predicted octanol–water partition coefficient (Wildman–Crippen LogP) is 2.37. The van der Waals surface area contributed by atoms with E-state index < -0.39 is 0 Å². The van der Waals surface area contributed by atoms with Crippen molar-refractivity contribution >= 4 is 0 Å². The smallest absolute Gasteiger partial charge is 0.212 e. The maximum Gasteiger partial charge on any atom is 0.212 e. The Balaban J connectivity index is 1.84. The number of rotatable bonds is 5. The largest absolute Gasteiger partial charge is 0.481 e. The lowest BCUT2D eigenvalue weighted by atomic mass is 10.0. The molecule has 88 valence electrons. The van der Waals surface area contributed by atoms with Gasteiger partial charge in [-0.25, -0.2) is 4.98 Å². The molecule has 0 radical (unpaired) electrons. The predicted molar refractivity (Wildman–Crippen MR) is 64.4 cm³/mol. The van der Waals surface area contributed by atoms with Gasteiger partial charge in [-0.15, -0.1) is 0 Å². The number of nitrogens with one attached hydrogen (secondary N) is 1. The van der Waals surface area contributed by atoms with Crippen molar-refractivity contribution in [3.05, 3.63) is 23.9 Å². The quantitative estimate of drug-likeness (QED) is 0.827. The Morgan fingerprint density at radius 2 is 2.25 bits per heavy atom. The summed E-state index contributed by atoms with van der Waals surface area (Å²) in [7, 11) is 1.64. The first-order valence-electron chi connectivity index (χ1n) is 5.86. The number of hydrogen-bond donors (Lipinski definition) is 1. The van der Waals surface area contributed by atoms with Crippen LogP contribution in [0.2, 0.25) is 0 Å². The molecule has 1 fully saturated rings. The summed E-state index contributed by atoms with van der Waals surface area (Å²) in [6.07, 6.45) is 4.57. The number of methoxy groups -OCH3 is 1. The molecule has 1 aromatic rings. The number of nitrogens with zero attached hydrogens (tertiary/aromatic N) is 1. The lowest BCUT2D eigenvalue weighted by Gasteiger charge is -2.20. The zero-order chi connectivity index (χ0) is 11.6. The lowest BCUT2D eigenvalue weighted by Crippen LogP contribution is -2.32. The van der Waals surface area contributed by atoms with Gasteiger partial charge in [0.25, 0.3) is 0 Å². The van der Waals surface area contributed by atoms with Crippen molar-refractivity contribution < 1.29 is 4.74 Å². The summed E-state index contributed by atoms with van der Waals surface area (Å²) in [6.45, 7) is 5.49. The van der Waals surface area contributed by atoms with Crippen molar-refractivity contribution in [2.75, 3.05) is 7.11 Å². The molecule has 1 aliphatic carbocycles. The summed E-state index contributed by atoms with van der Waals surface area (Å²) in [5, 5.41) is 3.56. The third-order valence-electron chi connectivity index (χ3n) is 3.70. The van der Waals surface area contributed by atoms with E-state index in [0.717, 1.165) is 6.54 Å². The molecule has 1 atom stereocenters. The second-order valence-electron chi connectivity index (χ2n) is 4.97. The number of pyridine rings is 1. The van der Waals surface area contributed by atoms with Gasteiger partial charge in [-0.1, -0.05) is 13.0 Å². The molecular weight excluding hydrogens is 200 g/mol. The van der Waals surface area contributed by atoms with Gasteiger partial charge in [0.2, 0.25) is 5.88 Å². The molecule has 0 aliphatic heterocycles. The summed E-state index contributed by atoms with van der Waals surface area (Å²) in [5.74, 6) is 0.672. The first-order chi connectivity index (χ1) is 7.64. The summed E-state index contributed by atoms with van der Waals surface area (Å²) < 4.78 is 5.03. The zero-order valence-electron chi connectivity index (χ0n) is 10.3. The van der Waals surface area contributed by atoms with Crippen molar-refractivity contribution in [1.29, 1.82) is 0 Å². The minimum Gasteiger partial charge on any atom is -0.481 e. The van der Waals surface area contributed by atoms with Gasteiger partial charge in [-0.2, -0.15) is 0 Å². The molecule has 1 saturated carbocycles. The van der Waals surface area contributed by atoms with Crippen LogP contribution in [-0.4, -0.2) is 18.1 Å². The van der Waals surface area contributed by atoms with Crippen LogP contribution in [0.25, 0.3) is 0 Å². The number of hydrogen-bond acceptors (Lipinski definition) is 3. The molecule has 2 rings (SSSR count). The van der Waals surface area contributed by atoms with Gasteiger partial charge in [-0.3, -0.25) is 0 Å². The van der Waals surface area contributed by atoms with Crippen molar-refractivity contribution in [1.82, 2.24) is 10.3 Å². The van der Waals surface area contributed by atoms with Crippen LogP contribution in [0.1, 0.15) is 32.3 Å². The molecule has 3 nitrogen and oxygen atoms in total. The summed E-state index contributed by atoms with van der Waals surface area (Å²) >= 11 is 0. The molecule has 0 bridgehead atoms. The van der Waals surface area contributed by atoms with Crippen LogP contribution < -0.4 is 10.1 Å². The third-order valence-corrected chi connectivity index (χ3v) is 3.70. The van der Waals surface area contributed by atoms with E-state index >= 15 is 0 Å². The molecule has 1 unspecified atom stereocenters. The van der Waals surface area contributed by atoms with Crippen LogP contribution in [-0.2, 0) is 6.54 Å². The van der Waals surface area contributed by atoms with Crippen LogP contribution in [0, 0.1) is 5.41 Å². The molecule has 0 spiro atoms. The first-order valence-corrected chi connectivity index (χ1v) is 5.86. The van der Waals surface area contributed by atoms with Gasteiger partial charge in [0.15, 0.2) is 0 Å². The molecule has 3 heteroatoms. The summed E-state index contributed by atoms with van der Waals surface area (Å²) in [4.78, 5) is 4.19. The van der Waals surface area contributed by atoms with Crippen molar-refractivity contribution in [2.45, 2.75) is 39.3 Å². The van der Waals surface area contributed by atoms with Crippen molar-refractivity contribution in [3.63, 3.8) is 0 Å². The fourth-order valence-corrected chi connectivity index (χ4v) is 1.78. The van der Waals surface area contributed by atoms with E-state index in [0.29, 0.717) is 17.3 Å².